The van der Waals surface area contributed by atoms with Crippen molar-refractivity contribution in [3.8, 4) is 0 Å². The molecule has 0 aliphatic heterocycles. The molecule has 0 aromatic heterocycles. The van der Waals surface area contributed by atoms with Gasteiger partial charge in [-0.05, 0) is 70.6 Å². The highest BCUT2D eigenvalue weighted by Gasteiger charge is 2.19. The van der Waals surface area contributed by atoms with E-state index in [1.165, 1.54) is 225 Å². The first-order chi connectivity index (χ1) is 39.5. The normalized spacial score (nSPS) is 12.5. The number of rotatable bonds is 64. The molecular formula is C74H132O6. The average molecular weight is 1120 g/mol. The van der Waals surface area contributed by atoms with Gasteiger partial charge in [0.25, 0.3) is 0 Å². The van der Waals surface area contributed by atoms with Crippen molar-refractivity contribution in [1.82, 2.24) is 0 Å². The molecule has 6 nitrogen and oxygen atoms in total. The molecule has 6 heteroatoms. The Balaban J connectivity index is 3.96. The predicted molar refractivity (Wildman–Crippen MR) is 348 cm³/mol. The molecule has 1 atom stereocenters. The van der Waals surface area contributed by atoms with Crippen molar-refractivity contribution in [2.24, 2.45) is 0 Å². The minimum atomic E-state index is -0.768. The van der Waals surface area contributed by atoms with Crippen LogP contribution in [0.2, 0.25) is 0 Å². The Kier molecular flexibility index (Phi) is 65.7. The molecule has 0 aromatic carbocycles. The molecule has 0 amide bonds. The third kappa shape index (κ3) is 65.7. The van der Waals surface area contributed by atoms with E-state index >= 15 is 0 Å². The van der Waals surface area contributed by atoms with Crippen LogP contribution in [0.5, 0.6) is 0 Å². The summed E-state index contributed by atoms with van der Waals surface area (Å²) in [5.74, 6) is -0.857. The zero-order valence-corrected chi connectivity index (χ0v) is 53.3. The van der Waals surface area contributed by atoms with Crippen LogP contribution < -0.4 is 0 Å². The maximum absolute atomic E-state index is 12.9. The van der Waals surface area contributed by atoms with Gasteiger partial charge < -0.3 is 14.2 Å². The summed E-state index contributed by atoms with van der Waals surface area (Å²) in [4.78, 5) is 38.1. The molecule has 0 spiro atoms. The number of hydrogen-bond donors (Lipinski definition) is 0. The number of allylic oxidation sites excluding steroid dienone is 12. The second-order valence-corrected chi connectivity index (χ2v) is 23.4. The molecule has 0 aromatic rings. The zero-order chi connectivity index (χ0) is 57.8. The van der Waals surface area contributed by atoms with Crippen LogP contribution in [-0.2, 0) is 28.6 Å². The molecule has 0 saturated heterocycles. The van der Waals surface area contributed by atoms with Crippen molar-refractivity contribution in [1.29, 1.82) is 0 Å². The summed E-state index contributed by atoms with van der Waals surface area (Å²) < 4.78 is 16.9. The van der Waals surface area contributed by atoms with Crippen LogP contribution in [0, 0.1) is 0 Å². The van der Waals surface area contributed by atoms with E-state index in [0.29, 0.717) is 19.3 Å². The molecule has 80 heavy (non-hydrogen) atoms. The fourth-order valence-electron chi connectivity index (χ4n) is 10.3. The maximum Gasteiger partial charge on any atom is 0.306 e. The number of carbonyl (C=O) groups excluding carboxylic acids is 3. The number of ether oxygens (including phenoxy) is 3. The van der Waals surface area contributed by atoms with Crippen LogP contribution in [0.25, 0.3) is 0 Å². The summed E-state index contributed by atoms with van der Waals surface area (Å²) in [6.45, 7) is 6.52. The van der Waals surface area contributed by atoms with Crippen LogP contribution in [-0.4, -0.2) is 37.2 Å². The fourth-order valence-corrected chi connectivity index (χ4v) is 10.3. The Labute approximate surface area is 497 Å². The summed E-state index contributed by atoms with van der Waals surface area (Å²) in [6.07, 6.45) is 89.7. The number of carbonyl (C=O) groups is 3. The number of unbranched alkanes of at least 4 members (excludes halogenated alkanes) is 41. The molecule has 0 heterocycles. The molecule has 0 aliphatic carbocycles. The van der Waals surface area contributed by atoms with Gasteiger partial charge in [0.2, 0.25) is 0 Å². The SMILES string of the molecule is CC/C=C\C/C=C\C/C=C\C/C=C\C/C=C\C/C=C\CCCCCCCCCCCCCCCCCCC(=O)OCC(COC(=O)CCCCCCCC)OC(=O)CCCCCCCCCCCCCCCCCCCCCCC. The first kappa shape index (κ1) is 76.9. The monoisotopic (exact) mass is 1120 g/mol. The molecular weight excluding hydrogens is 985 g/mol. The van der Waals surface area contributed by atoms with Crippen molar-refractivity contribution >= 4 is 17.9 Å². The van der Waals surface area contributed by atoms with Crippen LogP contribution in [0.15, 0.2) is 72.9 Å². The average Bonchev–Trinajstić information content (AvgIpc) is 3.46. The van der Waals surface area contributed by atoms with Crippen molar-refractivity contribution in [3.63, 3.8) is 0 Å². The van der Waals surface area contributed by atoms with Gasteiger partial charge in [0, 0.05) is 19.3 Å². The molecule has 0 N–H and O–H groups in total. The first-order valence-corrected chi connectivity index (χ1v) is 34.9. The molecule has 0 fully saturated rings. The van der Waals surface area contributed by atoms with E-state index in [9.17, 15) is 14.4 Å². The molecule has 0 aliphatic rings. The molecule has 0 saturated carbocycles. The Morgan fingerprint density at radius 1 is 0.263 bits per heavy atom. The lowest BCUT2D eigenvalue weighted by atomic mass is 10.0. The Hall–Kier alpha value is -3.15. The van der Waals surface area contributed by atoms with Gasteiger partial charge in [0.1, 0.15) is 13.2 Å². The summed E-state index contributed by atoms with van der Waals surface area (Å²) >= 11 is 0. The van der Waals surface area contributed by atoms with Crippen LogP contribution in [0.1, 0.15) is 361 Å². The highest BCUT2D eigenvalue weighted by molar-refractivity contribution is 5.71. The van der Waals surface area contributed by atoms with E-state index in [4.69, 9.17) is 14.2 Å². The lowest BCUT2D eigenvalue weighted by molar-refractivity contribution is -0.167. The highest BCUT2D eigenvalue weighted by atomic mass is 16.6. The topological polar surface area (TPSA) is 78.9 Å². The van der Waals surface area contributed by atoms with Gasteiger partial charge in [-0.2, -0.15) is 0 Å². The van der Waals surface area contributed by atoms with Crippen molar-refractivity contribution < 1.29 is 28.6 Å². The Morgan fingerprint density at radius 2 is 0.487 bits per heavy atom. The predicted octanol–water partition coefficient (Wildman–Crippen LogP) is 24.1. The number of esters is 3. The first-order valence-electron chi connectivity index (χ1n) is 34.9. The molecule has 0 radical (unpaired) electrons. The van der Waals surface area contributed by atoms with Gasteiger partial charge in [-0.1, -0.05) is 344 Å². The lowest BCUT2D eigenvalue weighted by Crippen LogP contribution is -2.30. The molecule has 0 rings (SSSR count). The van der Waals surface area contributed by atoms with E-state index in [-0.39, 0.29) is 31.1 Å². The van der Waals surface area contributed by atoms with Crippen LogP contribution in [0.3, 0.4) is 0 Å². The van der Waals surface area contributed by atoms with E-state index in [2.05, 4.69) is 93.7 Å². The molecule has 464 valence electrons. The van der Waals surface area contributed by atoms with Gasteiger partial charge in [0.05, 0.1) is 0 Å². The third-order valence-electron chi connectivity index (χ3n) is 15.5. The quantitative estimate of drug-likeness (QED) is 0.0261. The van der Waals surface area contributed by atoms with Crippen molar-refractivity contribution in [2.75, 3.05) is 13.2 Å². The van der Waals surface area contributed by atoms with E-state index in [1.54, 1.807) is 0 Å². The second kappa shape index (κ2) is 68.3. The second-order valence-electron chi connectivity index (χ2n) is 23.4. The van der Waals surface area contributed by atoms with Gasteiger partial charge in [-0.15, -0.1) is 0 Å². The molecule has 0 bridgehead atoms. The summed E-state index contributed by atoms with van der Waals surface area (Å²) in [6, 6.07) is 0. The van der Waals surface area contributed by atoms with E-state index < -0.39 is 6.10 Å². The largest absolute Gasteiger partial charge is 0.462 e. The third-order valence-corrected chi connectivity index (χ3v) is 15.5. The fraction of sp³-hybridized carbons (Fsp3) is 0.797. The zero-order valence-electron chi connectivity index (χ0n) is 53.3. The summed E-state index contributed by atoms with van der Waals surface area (Å²) in [5.41, 5.74) is 0. The van der Waals surface area contributed by atoms with E-state index in [1.807, 2.05) is 0 Å². The summed E-state index contributed by atoms with van der Waals surface area (Å²) in [7, 11) is 0. The van der Waals surface area contributed by atoms with Crippen LogP contribution in [0.4, 0.5) is 0 Å². The van der Waals surface area contributed by atoms with Gasteiger partial charge in [0.15, 0.2) is 6.10 Å². The lowest BCUT2D eigenvalue weighted by Gasteiger charge is -2.18. The smallest absolute Gasteiger partial charge is 0.306 e. The minimum absolute atomic E-state index is 0.0690. The molecule has 1 unspecified atom stereocenters. The Bertz CT molecular complexity index is 1470. The Morgan fingerprint density at radius 3 is 0.762 bits per heavy atom. The maximum atomic E-state index is 12.9. The van der Waals surface area contributed by atoms with Gasteiger partial charge >= 0.3 is 17.9 Å². The van der Waals surface area contributed by atoms with Crippen LogP contribution >= 0.6 is 0 Å². The van der Waals surface area contributed by atoms with Crippen molar-refractivity contribution in [3.05, 3.63) is 72.9 Å². The minimum Gasteiger partial charge on any atom is -0.462 e. The standard InChI is InChI=1S/C74H132O6/c1-4-7-10-13-16-18-20-22-24-26-28-30-31-32-33-34-35-36-37-38-39-40-41-42-43-45-46-48-50-52-54-56-58-61-64-67-73(76)79-70-71(69-78-72(75)66-63-60-15-12-9-6-3)80-74(77)68-65-62-59-57-55-53-51-49-47-44-29-27-25-23-21-19-17-14-11-8-5-2/h7,10,16,18,22,24,28,30,32-33,35-36,71H,4-6,8-9,11-15,17,19-21,23,25-27,29,31,34,37-70H2,1-3H3/b10-7-,18-16-,24-22-,30-28-,33-32-,36-35-. The van der Waals surface area contributed by atoms with Crippen molar-refractivity contribution in [2.45, 2.75) is 367 Å². The summed E-state index contributed by atoms with van der Waals surface area (Å²) in [5, 5.41) is 0. The van der Waals surface area contributed by atoms with Gasteiger partial charge in [-0.3, -0.25) is 14.4 Å². The van der Waals surface area contributed by atoms with E-state index in [0.717, 1.165) is 96.3 Å². The van der Waals surface area contributed by atoms with Gasteiger partial charge in [-0.25, -0.2) is 0 Å². The number of hydrogen-bond acceptors (Lipinski definition) is 6. The highest BCUT2D eigenvalue weighted by Crippen LogP contribution is 2.18.